The number of benzene rings is 1. The molecule has 0 atom stereocenters. The summed E-state index contributed by atoms with van der Waals surface area (Å²) in [6, 6.07) is 1.26. The molecule has 2 rings (SSSR count). The predicted octanol–water partition coefficient (Wildman–Crippen LogP) is 3.00. The number of anilines is 2. The van der Waals surface area contributed by atoms with E-state index in [-0.39, 0.29) is 17.4 Å². The minimum atomic E-state index is -0.878. The zero-order chi connectivity index (χ0) is 13.8. The van der Waals surface area contributed by atoms with E-state index in [9.17, 15) is 13.6 Å². The van der Waals surface area contributed by atoms with Crippen molar-refractivity contribution in [2.24, 2.45) is 0 Å². The number of hydrogen-bond donors (Lipinski definition) is 3. The molecule has 0 saturated heterocycles. The van der Waals surface area contributed by atoms with Crippen LogP contribution in [0.5, 0.6) is 0 Å². The first kappa shape index (κ1) is 13.6. The summed E-state index contributed by atoms with van der Waals surface area (Å²) in [5.74, 6) is -1.65. The summed E-state index contributed by atoms with van der Waals surface area (Å²) in [4.78, 5) is 11.7. The largest absolute Gasteiger partial charge is 0.397 e. The van der Waals surface area contributed by atoms with Crippen LogP contribution in [0.4, 0.5) is 25.0 Å². The standard InChI is InChI=1S/C13H17F2N3O/c14-8-6-10(15)12(11(16)7-8)18-13(19)17-9-4-2-1-3-5-9/h6-7,9H,1-5,16H2,(H2,17,18,19). The van der Waals surface area contributed by atoms with Crippen LogP contribution in [-0.2, 0) is 0 Å². The molecule has 0 aromatic heterocycles. The first-order valence-electron chi connectivity index (χ1n) is 6.38. The molecule has 0 unspecified atom stereocenters. The fourth-order valence-corrected chi connectivity index (χ4v) is 2.31. The second-order valence-electron chi connectivity index (χ2n) is 4.79. The number of nitrogens with two attached hydrogens (primary N) is 1. The van der Waals surface area contributed by atoms with Gasteiger partial charge in [-0.1, -0.05) is 19.3 Å². The molecule has 1 aliphatic rings. The Bertz CT molecular complexity index is 450. The molecule has 1 aromatic carbocycles. The third kappa shape index (κ3) is 3.56. The molecule has 4 N–H and O–H groups in total. The minimum Gasteiger partial charge on any atom is -0.397 e. The van der Waals surface area contributed by atoms with Gasteiger partial charge in [-0.2, -0.15) is 0 Å². The van der Waals surface area contributed by atoms with Gasteiger partial charge in [0.25, 0.3) is 0 Å². The summed E-state index contributed by atoms with van der Waals surface area (Å²) in [6.07, 6.45) is 5.19. The molecule has 0 radical (unpaired) electrons. The van der Waals surface area contributed by atoms with E-state index in [1.165, 1.54) is 6.42 Å². The zero-order valence-electron chi connectivity index (χ0n) is 10.5. The van der Waals surface area contributed by atoms with Crippen molar-refractivity contribution in [1.29, 1.82) is 0 Å². The third-order valence-corrected chi connectivity index (χ3v) is 3.26. The molecule has 4 nitrogen and oxygen atoms in total. The number of carbonyl (C=O) groups is 1. The van der Waals surface area contributed by atoms with Gasteiger partial charge >= 0.3 is 6.03 Å². The van der Waals surface area contributed by atoms with E-state index in [1.807, 2.05) is 0 Å². The summed E-state index contributed by atoms with van der Waals surface area (Å²) >= 11 is 0. The van der Waals surface area contributed by atoms with E-state index in [2.05, 4.69) is 10.6 Å². The average molecular weight is 269 g/mol. The van der Waals surface area contributed by atoms with Crippen molar-refractivity contribution in [3.05, 3.63) is 23.8 Å². The van der Waals surface area contributed by atoms with Crippen molar-refractivity contribution in [2.75, 3.05) is 11.1 Å². The molecule has 19 heavy (non-hydrogen) atoms. The smallest absolute Gasteiger partial charge is 0.319 e. The van der Waals surface area contributed by atoms with Crippen LogP contribution in [0.15, 0.2) is 12.1 Å². The van der Waals surface area contributed by atoms with Gasteiger partial charge in [0.05, 0.1) is 5.69 Å². The second kappa shape index (κ2) is 5.86. The average Bonchev–Trinajstić information content (AvgIpc) is 2.35. The topological polar surface area (TPSA) is 67.1 Å². The van der Waals surface area contributed by atoms with Crippen molar-refractivity contribution in [3.8, 4) is 0 Å². The number of carbonyl (C=O) groups excluding carboxylic acids is 1. The van der Waals surface area contributed by atoms with Crippen LogP contribution in [0.1, 0.15) is 32.1 Å². The van der Waals surface area contributed by atoms with Crippen molar-refractivity contribution in [3.63, 3.8) is 0 Å². The molecular formula is C13H17F2N3O. The Morgan fingerprint density at radius 2 is 1.89 bits per heavy atom. The highest BCUT2D eigenvalue weighted by Gasteiger charge is 2.17. The normalized spacial score (nSPS) is 16.1. The van der Waals surface area contributed by atoms with Gasteiger partial charge in [0.1, 0.15) is 11.5 Å². The third-order valence-electron chi connectivity index (χ3n) is 3.26. The van der Waals surface area contributed by atoms with Crippen molar-refractivity contribution in [2.45, 2.75) is 38.1 Å². The molecule has 0 bridgehead atoms. The second-order valence-corrected chi connectivity index (χ2v) is 4.79. The number of nitrogen functional groups attached to an aromatic ring is 1. The van der Waals surface area contributed by atoms with Crippen LogP contribution in [0, 0.1) is 11.6 Å². The molecule has 0 spiro atoms. The van der Waals surface area contributed by atoms with Crippen LogP contribution < -0.4 is 16.4 Å². The van der Waals surface area contributed by atoms with Gasteiger partial charge in [0, 0.05) is 12.1 Å². The fourth-order valence-electron chi connectivity index (χ4n) is 2.31. The number of halogens is 2. The molecule has 0 heterocycles. The molecular weight excluding hydrogens is 252 g/mol. The highest BCUT2D eigenvalue weighted by Crippen LogP contribution is 2.24. The summed E-state index contributed by atoms with van der Waals surface area (Å²) < 4.78 is 26.4. The Kier molecular flexibility index (Phi) is 4.19. The highest BCUT2D eigenvalue weighted by molar-refractivity contribution is 5.92. The van der Waals surface area contributed by atoms with Crippen LogP contribution in [0.2, 0.25) is 0 Å². The van der Waals surface area contributed by atoms with Crippen molar-refractivity contribution >= 4 is 17.4 Å². The number of urea groups is 1. The number of amides is 2. The van der Waals surface area contributed by atoms with Crippen LogP contribution >= 0.6 is 0 Å². The number of rotatable bonds is 2. The number of nitrogens with one attached hydrogen (secondary N) is 2. The molecule has 1 fully saturated rings. The van der Waals surface area contributed by atoms with E-state index in [4.69, 9.17) is 5.73 Å². The van der Waals surface area contributed by atoms with E-state index in [0.29, 0.717) is 6.07 Å². The lowest BCUT2D eigenvalue weighted by Crippen LogP contribution is -2.39. The maximum Gasteiger partial charge on any atom is 0.319 e. The quantitative estimate of drug-likeness (QED) is 0.722. The Morgan fingerprint density at radius 1 is 1.21 bits per heavy atom. The van der Waals surface area contributed by atoms with Crippen molar-refractivity contribution < 1.29 is 13.6 Å². The predicted molar refractivity (Wildman–Crippen MR) is 69.8 cm³/mol. The summed E-state index contributed by atoms with van der Waals surface area (Å²) in [5.41, 5.74) is 5.17. The minimum absolute atomic E-state index is 0.110. The molecule has 1 aliphatic carbocycles. The molecule has 2 amide bonds. The Labute approximate surface area is 110 Å². The zero-order valence-corrected chi connectivity index (χ0v) is 10.5. The van der Waals surface area contributed by atoms with Crippen molar-refractivity contribution in [1.82, 2.24) is 5.32 Å². The number of hydrogen-bond acceptors (Lipinski definition) is 2. The van der Waals surface area contributed by atoms with Gasteiger partial charge in [-0.25, -0.2) is 13.6 Å². The molecule has 104 valence electrons. The highest BCUT2D eigenvalue weighted by atomic mass is 19.1. The van der Waals surface area contributed by atoms with Gasteiger partial charge in [-0.05, 0) is 18.9 Å². The summed E-state index contributed by atoms with van der Waals surface area (Å²) in [7, 11) is 0. The van der Waals surface area contributed by atoms with Crippen LogP contribution in [0.25, 0.3) is 0 Å². The summed E-state index contributed by atoms with van der Waals surface area (Å²) in [6.45, 7) is 0. The van der Waals surface area contributed by atoms with E-state index in [0.717, 1.165) is 31.7 Å². The Balaban J connectivity index is 1.98. The maximum atomic E-state index is 13.5. The van der Waals surface area contributed by atoms with Crippen LogP contribution in [-0.4, -0.2) is 12.1 Å². The maximum absolute atomic E-state index is 13.5. The lowest BCUT2D eigenvalue weighted by atomic mass is 9.96. The monoisotopic (exact) mass is 269 g/mol. The van der Waals surface area contributed by atoms with Gasteiger partial charge in [0.15, 0.2) is 5.82 Å². The Morgan fingerprint density at radius 3 is 2.53 bits per heavy atom. The van der Waals surface area contributed by atoms with E-state index < -0.39 is 17.7 Å². The molecule has 1 saturated carbocycles. The van der Waals surface area contributed by atoms with E-state index in [1.54, 1.807) is 0 Å². The van der Waals surface area contributed by atoms with Gasteiger partial charge in [-0.3, -0.25) is 0 Å². The molecule has 0 aliphatic heterocycles. The van der Waals surface area contributed by atoms with Gasteiger partial charge < -0.3 is 16.4 Å². The fraction of sp³-hybridized carbons (Fsp3) is 0.462. The lowest BCUT2D eigenvalue weighted by molar-refractivity contribution is 0.244. The SMILES string of the molecule is Nc1cc(F)cc(F)c1NC(=O)NC1CCCCC1. The Hall–Kier alpha value is -1.85. The van der Waals surface area contributed by atoms with Gasteiger partial charge in [0.2, 0.25) is 0 Å². The van der Waals surface area contributed by atoms with E-state index >= 15 is 0 Å². The lowest BCUT2D eigenvalue weighted by Gasteiger charge is -2.23. The van der Waals surface area contributed by atoms with Crippen LogP contribution in [0.3, 0.4) is 0 Å². The summed E-state index contributed by atoms with van der Waals surface area (Å²) in [5, 5.41) is 5.11. The molecule has 1 aromatic rings. The molecule has 6 heteroatoms. The first-order valence-corrected chi connectivity index (χ1v) is 6.38. The van der Waals surface area contributed by atoms with Gasteiger partial charge in [-0.15, -0.1) is 0 Å². The first-order chi connectivity index (χ1) is 9.06.